The number of aromatic nitrogens is 1. The van der Waals surface area contributed by atoms with Gasteiger partial charge in [0.05, 0.1) is 0 Å². The molecule has 0 fully saturated rings. The number of benzene rings is 2. The maximum atomic E-state index is 11.6. The lowest BCUT2D eigenvalue weighted by Gasteiger charge is -2.18. The van der Waals surface area contributed by atoms with Crippen LogP contribution in [0.1, 0.15) is 63.2 Å². The molecule has 0 saturated heterocycles. The number of carbonyl (C=O) groups is 1. The minimum Gasteiger partial charge on any atom is -0.487 e. The predicted molar refractivity (Wildman–Crippen MR) is 116 cm³/mol. The van der Waals surface area contributed by atoms with E-state index in [9.17, 15) is 4.79 Å². The zero-order valence-electron chi connectivity index (χ0n) is 17.3. The van der Waals surface area contributed by atoms with E-state index in [-0.39, 0.29) is 12.1 Å². The number of hydrogen-bond donors (Lipinski definition) is 0. The van der Waals surface area contributed by atoms with Crippen molar-refractivity contribution < 1.29 is 14.3 Å². The number of unbranched alkanes of at least 4 members (excludes halogenated alkanes) is 3. The van der Waals surface area contributed by atoms with E-state index in [1.165, 1.54) is 19.8 Å². The first-order chi connectivity index (χ1) is 14.2. The summed E-state index contributed by atoms with van der Waals surface area (Å²) in [7, 11) is 0. The number of rotatable bonds is 10. The summed E-state index contributed by atoms with van der Waals surface area (Å²) in [6.45, 7) is 4.10. The molecule has 0 aliphatic carbocycles. The Hall–Kier alpha value is -2.88. The first-order valence-electron chi connectivity index (χ1n) is 10.4. The maximum Gasteiger partial charge on any atom is 0.303 e. The molecule has 2 aromatic carbocycles. The smallest absolute Gasteiger partial charge is 0.303 e. The normalized spacial score (nSPS) is 11.9. The largest absolute Gasteiger partial charge is 0.487 e. The van der Waals surface area contributed by atoms with Gasteiger partial charge in [0.15, 0.2) is 0 Å². The molecule has 0 spiro atoms. The maximum absolute atomic E-state index is 11.6. The van der Waals surface area contributed by atoms with E-state index in [0.29, 0.717) is 6.61 Å². The van der Waals surface area contributed by atoms with E-state index in [4.69, 9.17) is 9.47 Å². The molecule has 0 saturated carbocycles. The number of hydrogen-bond acceptors (Lipinski definition) is 4. The molecule has 1 atom stereocenters. The fraction of sp³-hybridized carbons (Fsp3) is 0.360. The van der Waals surface area contributed by atoms with E-state index in [2.05, 4.69) is 18.0 Å². The van der Waals surface area contributed by atoms with Crippen LogP contribution in [-0.4, -0.2) is 11.0 Å². The van der Waals surface area contributed by atoms with Crippen LogP contribution < -0.4 is 4.74 Å². The fourth-order valence-electron chi connectivity index (χ4n) is 3.49. The molecule has 1 heterocycles. The van der Waals surface area contributed by atoms with Crippen molar-refractivity contribution in [2.45, 2.75) is 58.7 Å². The Labute approximate surface area is 172 Å². The second kappa shape index (κ2) is 10.6. The minimum absolute atomic E-state index is 0.205. The fourth-order valence-corrected chi connectivity index (χ4v) is 3.49. The predicted octanol–water partition coefficient (Wildman–Crippen LogP) is 6.39. The van der Waals surface area contributed by atoms with E-state index < -0.39 is 0 Å². The van der Waals surface area contributed by atoms with Gasteiger partial charge in [-0.3, -0.25) is 9.78 Å². The van der Waals surface area contributed by atoms with Gasteiger partial charge in [0.25, 0.3) is 0 Å². The average Bonchev–Trinajstić information content (AvgIpc) is 2.74. The lowest BCUT2D eigenvalue weighted by atomic mass is 10.0. The lowest BCUT2D eigenvalue weighted by molar-refractivity contribution is -0.147. The average molecular weight is 392 g/mol. The zero-order valence-corrected chi connectivity index (χ0v) is 17.3. The Morgan fingerprint density at radius 2 is 1.86 bits per heavy atom. The highest BCUT2D eigenvalue weighted by atomic mass is 16.5. The molecule has 0 radical (unpaired) electrons. The first-order valence-corrected chi connectivity index (χ1v) is 10.4. The molecule has 0 aliphatic heterocycles. The summed E-state index contributed by atoms with van der Waals surface area (Å²) in [6, 6.07) is 18.0. The Kier molecular flexibility index (Phi) is 7.62. The molecule has 0 amide bonds. The van der Waals surface area contributed by atoms with Gasteiger partial charge in [-0.15, -0.1) is 0 Å². The van der Waals surface area contributed by atoms with E-state index >= 15 is 0 Å². The molecule has 1 unspecified atom stereocenters. The van der Waals surface area contributed by atoms with Gasteiger partial charge in [0, 0.05) is 18.5 Å². The van der Waals surface area contributed by atoms with Gasteiger partial charge in [0.1, 0.15) is 24.0 Å². The van der Waals surface area contributed by atoms with Crippen molar-refractivity contribution in [3.8, 4) is 5.75 Å². The van der Waals surface area contributed by atoms with Gasteiger partial charge < -0.3 is 9.47 Å². The van der Waals surface area contributed by atoms with Crippen LogP contribution in [0.2, 0.25) is 0 Å². The highest BCUT2D eigenvalue weighted by Gasteiger charge is 2.15. The molecule has 0 bridgehead atoms. The molecule has 1 aromatic heterocycles. The lowest BCUT2D eigenvalue weighted by Crippen LogP contribution is -2.09. The number of pyridine rings is 1. The summed E-state index contributed by atoms with van der Waals surface area (Å²) in [5.41, 5.74) is 2.93. The van der Waals surface area contributed by atoms with Crippen molar-refractivity contribution in [2.75, 3.05) is 0 Å². The van der Waals surface area contributed by atoms with Crippen molar-refractivity contribution in [2.24, 2.45) is 0 Å². The minimum atomic E-state index is -0.242. The van der Waals surface area contributed by atoms with E-state index in [0.717, 1.165) is 47.0 Å². The third-order valence-electron chi connectivity index (χ3n) is 4.94. The third-order valence-corrected chi connectivity index (χ3v) is 4.94. The van der Waals surface area contributed by atoms with Crippen LogP contribution in [0.5, 0.6) is 5.75 Å². The second-order valence-electron chi connectivity index (χ2n) is 7.31. The van der Waals surface area contributed by atoms with Crippen molar-refractivity contribution in [1.82, 2.24) is 4.98 Å². The number of para-hydroxylation sites is 1. The van der Waals surface area contributed by atoms with Gasteiger partial charge in [0.2, 0.25) is 0 Å². The summed E-state index contributed by atoms with van der Waals surface area (Å²) in [4.78, 5) is 16.0. The van der Waals surface area contributed by atoms with Crippen LogP contribution >= 0.6 is 0 Å². The molecule has 29 heavy (non-hydrogen) atoms. The second-order valence-corrected chi connectivity index (χ2v) is 7.31. The van der Waals surface area contributed by atoms with Crippen LogP contribution in [0.15, 0.2) is 60.8 Å². The van der Waals surface area contributed by atoms with E-state index in [1.54, 1.807) is 6.20 Å². The molecule has 4 heteroatoms. The molecule has 152 valence electrons. The van der Waals surface area contributed by atoms with Gasteiger partial charge >= 0.3 is 5.97 Å². The van der Waals surface area contributed by atoms with Crippen molar-refractivity contribution >= 4 is 16.9 Å². The number of carbonyl (C=O) groups excluding carboxylic acids is 1. The number of fused-ring (bicyclic) bond motifs is 1. The van der Waals surface area contributed by atoms with E-state index in [1.807, 2.05) is 48.5 Å². The highest BCUT2D eigenvalue weighted by Crippen LogP contribution is 2.27. The van der Waals surface area contributed by atoms with Gasteiger partial charge in [-0.25, -0.2) is 0 Å². The zero-order chi connectivity index (χ0) is 20.5. The molecule has 4 nitrogen and oxygen atoms in total. The summed E-state index contributed by atoms with van der Waals surface area (Å²) >= 11 is 0. The summed E-state index contributed by atoms with van der Waals surface area (Å²) < 4.78 is 11.7. The van der Waals surface area contributed by atoms with Crippen LogP contribution in [0.25, 0.3) is 10.9 Å². The molecular formula is C25H29NO3. The highest BCUT2D eigenvalue weighted by molar-refractivity contribution is 5.84. The van der Waals surface area contributed by atoms with Crippen molar-refractivity contribution in [1.29, 1.82) is 0 Å². The van der Waals surface area contributed by atoms with Crippen molar-refractivity contribution in [3.05, 3.63) is 71.9 Å². The molecule has 3 aromatic rings. The van der Waals surface area contributed by atoms with Gasteiger partial charge in [-0.1, -0.05) is 62.6 Å². The van der Waals surface area contributed by atoms with Crippen LogP contribution in [0.3, 0.4) is 0 Å². The van der Waals surface area contributed by atoms with Crippen molar-refractivity contribution in [3.63, 3.8) is 0 Å². The monoisotopic (exact) mass is 391 g/mol. The summed E-state index contributed by atoms with van der Waals surface area (Å²) in [5.74, 6) is 0.526. The number of esters is 1. The third kappa shape index (κ3) is 6.05. The molecule has 3 rings (SSSR count). The number of nitrogens with zero attached hydrogens (tertiary/aromatic N) is 1. The molecular weight excluding hydrogens is 362 g/mol. The Morgan fingerprint density at radius 1 is 1.03 bits per heavy atom. The Morgan fingerprint density at radius 3 is 2.69 bits per heavy atom. The number of ether oxygens (including phenoxy) is 2. The Bertz CT molecular complexity index is 933. The van der Waals surface area contributed by atoms with Crippen LogP contribution in [0.4, 0.5) is 0 Å². The summed E-state index contributed by atoms with van der Waals surface area (Å²) in [6.07, 6.45) is 7.02. The van der Waals surface area contributed by atoms with Crippen LogP contribution in [-0.2, 0) is 16.1 Å². The summed E-state index contributed by atoms with van der Waals surface area (Å²) in [5, 5.41) is 1.06. The Balaban J connectivity index is 1.70. The topological polar surface area (TPSA) is 48.4 Å². The standard InChI is InChI=1S/C25H29NO3/c1-3-4-5-6-14-23(29-19(2)27)22-12-7-10-20(17-22)18-28-24-15-8-11-21-13-9-16-26-25(21)24/h7-13,15-17,23H,3-6,14,18H2,1-2H3. The molecule has 0 N–H and O–H groups in total. The molecule has 0 aliphatic rings. The SMILES string of the molecule is CCCCCCC(OC(C)=O)c1cccc(COc2cccc3cccnc23)c1. The van der Waals surface area contributed by atoms with Gasteiger partial charge in [-0.2, -0.15) is 0 Å². The quantitative estimate of drug-likeness (QED) is 0.297. The van der Waals surface area contributed by atoms with Crippen LogP contribution in [0, 0.1) is 0 Å². The first kappa shape index (κ1) is 20.8. The van der Waals surface area contributed by atoms with Gasteiger partial charge in [-0.05, 0) is 42.2 Å².